The lowest BCUT2D eigenvalue weighted by atomic mass is 9.99. The molecule has 0 aromatic carbocycles. The van der Waals surface area contributed by atoms with Gasteiger partial charge in [-0.2, -0.15) is 0 Å². The van der Waals surface area contributed by atoms with Crippen molar-refractivity contribution in [3.63, 3.8) is 0 Å². The van der Waals surface area contributed by atoms with E-state index < -0.39 is 0 Å². The van der Waals surface area contributed by atoms with E-state index in [1.54, 1.807) is 0 Å². The number of carbonyl (C=O) groups excluding carboxylic acids is 1. The number of rotatable bonds is 9. The molecule has 112 valence electrons. The van der Waals surface area contributed by atoms with Crippen molar-refractivity contribution in [1.82, 2.24) is 4.90 Å². The Balaban J connectivity index is 2.04. The lowest BCUT2D eigenvalue weighted by Crippen LogP contribution is -2.40. The third kappa shape index (κ3) is 7.34. The molecule has 2 nitrogen and oxygen atoms in total. The maximum absolute atomic E-state index is 12.1. The second-order valence-electron chi connectivity index (χ2n) is 5.87. The molecule has 0 aromatic rings. The Morgan fingerprint density at radius 2 is 1.84 bits per heavy atom. The van der Waals surface area contributed by atoms with Crippen molar-refractivity contribution in [3.05, 3.63) is 0 Å². The molecule has 0 aliphatic carbocycles. The average molecular weight is 332 g/mol. The first kappa shape index (κ1) is 17.0. The molecule has 1 rings (SSSR count). The number of halogens is 1. The lowest BCUT2D eigenvalue weighted by Gasteiger charge is -2.32. The van der Waals surface area contributed by atoms with Gasteiger partial charge in [0.2, 0.25) is 5.91 Å². The van der Waals surface area contributed by atoms with E-state index in [9.17, 15) is 4.79 Å². The minimum atomic E-state index is 0.388. The predicted molar refractivity (Wildman–Crippen MR) is 85.7 cm³/mol. The lowest BCUT2D eigenvalue weighted by molar-refractivity contribution is -0.132. The van der Waals surface area contributed by atoms with Gasteiger partial charge in [0.15, 0.2) is 0 Å². The van der Waals surface area contributed by atoms with Crippen molar-refractivity contribution in [1.29, 1.82) is 0 Å². The maximum atomic E-state index is 12.1. The second kappa shape index (κ2) is 10.7. The van der Waals surface area contributed by atoms with Gasteiger partial charge in [0.05, 0.1) is 0 Å². The number of unbranched alkanes of at least 4 members (excludes halogenated alkanes) is 6. The van der Waals surface area contributed by atoms with Gasteiger partial charge in [-0.05, 0) is 25.2 Å². The zero-order chi connectivity index (χ0) is 13.9. The van der Waals surface area contributed by atoms with E-state index in [1.807, 2.05) is 0 Å². The molecule has 1 aliphatic rings. The van der Waals surface area contributed by atoms with E-state index in [1.165, 1.54) is 51.4 Å². The SMILES string of the molecule is CCCCCCCCCC(=O)N1CCCC(CBr)C1. The number of alkyl halides is 1. The number of nitrogens with zero attached hydrogens (tertiary/aromatic N) is 1. The topological polar surface area (TPSA) is 20.3 Å². The van der Waals surface area contributed by atoms with Crippen LogP contribution < -0.4 is 0 Å². The Kier molecular flexibility index (Phi) is 9.58. The van der Waals surface area contributed by atoms with E-state index in [0.717, 1.165) is 31.3 Å². The molecule has 0 aromatic heterocycles. The summed E-state index contributed by atoms with van der Waals surface area (Å²) in [6, 6.07) is 0. The molecule has 1 amide bonds. The summed E-state index contributed by atoms with van der Waals surface area (Å²) < 4.78 is 0. The van der Waals surface area contributed by atoms with Gasteiger partial charge in [-0.1, -0.05) is 61.4 Å². The fourth-order valence-electron chi connectivity index (χ4n) is 2.81. The fourth-order valence-corrected chi connectivity index (χ4v) is 3.34. The summed E-state index contributed by atoms with van der Waals surface area (Å²) in [5, 5.41) is 1.04. The number of amides is 1. The summed E-state index contributed by atoms with van der Waals surface area (Å²) in [7, 11) is 0. The number of hydrogen-bond acceptors (Lipinski definition) is 1. The summed E-state index contributed by atoms with van der Waals surface area (Å²) in [4.78, 5) is 14.2. The predicted octanol–water partition coefficient (Wildman–Crippen LogP) is 4.76. The Morgan fingerprint density at radius 3 is 2.53 bits per heavy atom. The second-order valence-corrected chi connectivity index (χ2v) is 6.52. The van der Waals surface area contributed by atoms with Crippen LogP contribution in [0, 0.1) is 5.92 Å². The fraction of sp³-hybridized carbons (Fsp3) is 0.938. The van der Waals surface area contributed by atoms with Crippen LogP contribution >= 0.6 is 15.9 Å². The van der Waals surface area contributed by atoms with Gasteiger partial charge in [0.1, 0.15) is 0 Å². The molecular formula is C16H30BrNO. The summed E-state index contributed by atoms with van der Waals surface area (Å²) >= 11 is 3.54. The van der Waals surface area contributed by atoms with Crippen LogP contribution in [0.2, 0.25) is 0 Å². The molecule has 0 radical (unpaired) electrons. The summed E-state index contributed by atoms with van der Waals surface area (Å²) in [5.41, 5.74) is 0. The van der Waals surface area contributed by atoms with Crippen LogP contribution in [0.4, 0.5) is 0 Å². The first-order valence-electron chi connectivity index (χ1n) is 8.11. The third-order valence-electron chi connectivity index (χ3n) is 4.08. The van der Waals surface area contributed by atoms with Crippen LogP contribution in [0.25, 0.3) is 0 Å². The third-order valence-corrected chi connectivity index (χ3v) is 5.00. The van der Waals surface area contributed by atoms with Gasteiger partial charge in [-0.3, -0.25) is 4.79 Å². The molecule has 3 heteroatoms. The van der Waals surface area contributed by atoms with Crippen LogP contribution in [0.3, 0.4) is 0 Å². The number of likely N-dealkylation sites (tertiary alicyclic amines) is 1. The highest BCUT2D eigenvalue weighted by Gasteiger charge is 2.22. The van der Waals surface area contributed by atoms with E-state index in [2.05, 4.69) is 27.8 Å². The summed E-state index contributed by atoms with van der Waals surface area (Å²) in [6.07, 6.45) is 12.2. The molecule has 19 heavy (non-hydrogen) atoms. The Bertz CT molecular complexity index is 245. The Labute approximate surface area is 127 Å². The number of hydrogen-bond donors (Lipinski definition) is 0. The average Bonchev–Trinajstić information content (AvgIpc) is 2.46. The van der Waals surface area contributed by atoms with Crippen LogP contribution in [-0.2, 0) is 4.79 Å². The molecule has 0 N–H and O–H groups in total. The summed E-state index contributed by atoms with van der Waals surface area (Å²) in [5.74, 6) is 1.06. The molecule has 1 heterocycles. The zero-order valence-electron chi connectivity index (χ0n) is 12.5. The molecule has 0 bridgehead atoms. The molecule has 0 spiro atoms. The van der Waals surface area contributed by atoms with Crippen molar-refractivity contribution in [2.45, 2.75) is 71.1 Å². The summed E-state index contributed by atoms with van der Waals surface area (Å²) in [6.45, 7) is 4.21. The van der Waals surface area contributed by atoms with Crippen molar-refractivity contribution in [2.24, 2.45) is 5.92 Å². The highest BCUT2D eigenvalue weighted by atomic mass is 79.9. The van der Waals surface area contributed by atoms with Gasteiger partial charge in [0, 0.05) is 24.8 Å². The molecule has 1 unspecified atom stereocenters. The molecule has 1 saturated heterocycles. The van der Waals surface area contributed by atoms with Crippen LogP contribution in [0.5, 0.6) is 0 Å². The van der Waals surface area contributed by atoms with Crippen molar-refractivity contribution >= 4 is 21.8 Å². The minimum Gasteiger partial charge on any atom is -0.342 e. The number of carbonyl (C=O) groups is 1. The normalized spacial score (nSPS) is 19.7. The van der Waals surface area contributed by atoms with E-state index in [4.69, 9.17) is 0 Å². The van der Waals surface area contributed by atoms with Gasteiger partial charge in [0.25, 0.3) is 0 Å². The van der Waals surface area contributed by atoms with Crippen LogP contribution in [0.15, 0.2) is 0 Å². The maximum Gasteiger partial charge on any atom is 0.222 e. The van der Waals surface area contributed by atoms with Gasteiger partial charge < -0.3 is 4.90 Å². The standard InChI is InChI=1S/C16H30BrNO/c1-2-3-4-5-6-7-8-11-16(19)18-12-9-10-15(13-17)14-18/h15H,2-14H2,1H3. The first-order chi connectivity index (χ1) is 9.27. The van der Waals surface area contributed by atoms with E-state index >= 15 is 0 Å². The first-order valence-corrected chi connectivity index (χ1v) is 9.23. The largest absolute Gasteiger partial charge is 0.342 e. The van der Waals surface area contributed by atoms with E-state index in [-0.39, 0.29) is 0 Å². The molecule has 1 fully saturated rings. The highest BCUT2D eigenvalue weighted by molar-refractivity contribution is 9.09. The quantitative estimate of drug-likeness (QED) is 0.440. The highest BCUT2D eigenvalue weighted by Crippen LogP contribution is 2.19. The Hall–Kier alpha value is -0.0500. The molecule has 0 saturated carbocycles. The van der Waals surface area contributed by atoms with Crippen molar-refractivity contribution in [2.75, 3.05) is 18.4 Å². The molecule has 1 atom stereocenters. The van der Waals surface area contributed by atoms with Crippen molar-refractivity contribution in [3.8, 4) is 0 Å². The van der Waals surface area contributed by atoms with Crippen molar-refractivity contribution < 1.29 is 4.79 Å². The smallest absolute Gasteiger partial charge is 0.222 e. The van der Waals surface area contributed by atoms with E-state index in [0.29, 0.717) is 11.8 Å². The molecular weight excluding hydrogens is 302 g/mol. The van der Waals surface area contributed by atoms with Gasteiger partial charge in [-0.25, -0.2) is 0 Å². The van der Waals surface area contributed by atoms with Gasteiger partial charge in [-0.15, -0.1) is 0 Å². The van der Waals surface area contributed by atoms with Crippen LogP contribution in [0.1, 0.15) is 71.1 Å². The van der Waals surface area contributed by atoms with Crippen LogP contribution in [-0.4, -0.2) is 29.2 Å². The molecule has 1 aliphatic heterocycles. The zero-order valence-corrected chi connectivity index (χ0v) is 14.1. The number of piperidine rings is 1. The Morgan fingerprint density at radius 1 is 1.16 bits per heavy atom. The monoisotopic (exact) mass is 331 g/mol. The van der Waals surface area contributed by atoms with Gasteiger partial charge >= 0.3 is 0 Å². The minimum absolute atomic E-state index is 0.388.